The summed E-state index contributed by atoms with van der Waals surface area (Å²) in [5.74, 6) is -0.424. The van der Waals surface area contributed by atoms with Crippen LogP contribution in [0.2, 0.25) is 5.02 Å². The first-order valence-corrected chi connectivity index (χ1v) is 7.99. The number of benzene rings is 2. The van der Waals surface area contributed by atoms with Gasteiger partial charge >= 0.3 is 0 Å². The van der Waals surface area contributed by atoms with Crippen LogP contribution in [-0.2, 0) is 4.79 Å². The molecule has 3 rings (SSSR count). The zero-order chi connectivity index (χ0) is 18.0. The number of rotatable bonds is 4. The Morgan fingerprint density at radius 1 is 1.24 bits per heavy atom. The smallest absolute Gasteiger partial charge is 0.270 e. The summed E-state index contributed by atoms with van der Waals surface area (Å²) in [7, 11) is 0. The van der Waals surface area contributed by atoms with E-state index in [1.165, 1.54) is 12.1 Å². The van der Waals surface area contributed by atoms with Gasteiger partial charge in [-0.1, -0.05) is 17.7 Å². The minimum absolute atomic E-state index is 0.00225. The van der Waals surface area contributed by atoms with Crippen LogP contribution in [0, 0.1) is 10.1 Å². The Morgan fingerprint density at radius 2 is 2.04 bits per heavy atom. The molecule has 0 spiro atoms. The van der Waals surface area contributed by atoms with Crippen molar-refractivity contribution >= 4 is 40.5 Å². The van der Waals surface area contributed by atoms with E-state index in [0.29, 0.717) is 18.7 Å². The van der Waals surface area contributed by atoms with E-state index in [0.717, 1.165) is 18.2 Å². The molecule has 25 heavy (non-hydrogen) atoms. The van der Waals surface area contributed by atoms with E-state index in [2.05, 4.69) is 5.32 Å². The Bertz CT molecular complexity index is 869. The average molecular weight is 360 g/mol. The van der Waals surface area contributed by atoms with E-state index in [1.54, 1.807) is 29.2 Å². The number of nitrogens with one attached hydrogen (secondary N) is 1. The Labute approximate surface area is 148 Å². The highest BCUT2D eigenvalue weighted by Crippen LogP contribution is 2.26. The Balaban J connectivity index is 1.79. The first-order chi connectivity index (χ1) is 12.0. The molecule has 2 aromatic rings. The van der Waals surface area contributed by atoms with Crippen LogP contribution in [0.4, 0.5) is 17.1 Å². The quantitative estimate of drug-likeness (QED) is 0.666. The van der Waals surface area contributed by atoms with Gasteiger partial charge in [0.15, 0.2) is 0 Å². The lowest BCUT2D eigenvalue weighted by Crippen LogP contribution is -2.23. The van der Waals surface area contributed by atoms with Crippen molar-refractivity contribution in [3.8, 4) is 0 Å². The molecule has 1 aliphatic heterocycles. The van der Waals surface area contributed by atoms with Crippen molar-refractivity contribution in [2.24, 2.45) is 0 Å². The number of hydrogen-bond acceptors (Lipinski definition) is 4. The number of carbonyl (C=O) groups is 2. The topological polar surface area (TPSA) is 92.6 Å². The Morgan fingerprint density at radius 3 is 2.68 bits per heavy atom. The van der Waals surface area contributed by atoms with Gasteiger partial charge in [-0.05, 0) is 30.7 Å². The van der Waals surface area contributed by atoms with Crippen LogP contribution in [0.1, 0.15) is 23.2 Å². The maximum absolute atomic E-state index is 12.4. The summed E-state index contributed by atoms with van der Waals surface area (Å²) in [5.41, 5.74) is 1.18. The standard InChI is InChI=1S/C17H14ClN3O4/c18-15-10-13(21(24)25)6-7-14(15)17(23)19-11-3-1-4-12(9-11)20-8-2-5-16(20)22/h1,3-4,6-7,9-10H,2,5,8H2,(H,19,23). The first-order valence-electron chi connectivity index (χ1n) is 7.61. The van der Waals surface area contributed by atoms with Crippen molar-refractivity contribution in [1.82, 2.24) is 0 Å². The van der Waals surface area contributed by atoms with Gasteiger partial charge in [0.25, 0.3) is 11.6 Å². The number of anilines is 2. The third-order valence-corrected chi connectivity index (χ3v) is 4.21. The molecule has 0 atom stereocenters. The van der Waals surface area contributed by atoms with Gasteiger partial charge in [-0.15, -0.1) is 0 Å². The number of amides is 2. The van der Waals surface area contributed by atoms with Gasteiger partial charge in [0, 0.05) is 36.5 Å². The summed E-state index contributed by atoms with van der Waals surface area (Å²) < 4.78 is 0. The highest BCUT2D eigenvalue weighted by atomic mass is 35.5. The van der Waals surface area contributed by atoms with Crippen LogP contribution < -0.4 is 10.2 Å². The van der Waals surface area contributed by atoms with Crippen molar-refractivity contribution in [1.29, 1.82) is 0 Å². The molecule has 1 aliphatic rings. The Kier molecular flexibility index (Phi) is 4.67. The lowest BCUT2D eigenvalue weighted by Gasteiger charge is -2.17. The van der Waals surface area contributed by atoms with E-state index in [1.807, 2.05) is 0 Å². The number of hydrogen-bond donors (Lipinski definition) is 1. The second kappa shape index (κ2) is 6.90. The lowest BCUT2D eigenvalue weighted by atomic mass is 10.2. The molecule has 0 bridgehead atoms. The molecule has 0 aromatic heterocycles. The number of nitro benzene ring substituents is 1. The zero-order valence-electron chi connectivity index (χ0n) is 13.1. The van der Waals surface area contributed by atoms with Crippen molar-refractivity contribution in [2.45, 2.75) is 12.8 Å². The first kappa shape index (κ1) is 16.9. The maximum Gasteiger partial charge on any atom is 0.270 e. The molecule has 8 heteroatoms. The molecule has 1 saturated heterocycles. The predicted octanol–water partition coefficient (Wildman–Crippen LogP) is 3.63. The number of carbonyl (C=O) groups excluding carboxylic acids is 2. The van der Waals surface area contributed by atoms with Gasteiger partial charge in [-0.3, -0.25) is 19.7 Å². The van der Waals surface area contributed by atoms with E-state index in [-0.39, 0.29) is 22.2 Å². The number of non-ortho nitro benzene ring substituents is 1. The van der Waals surface area contributed by atoms with Crippen LogP contribution in [0.15, 0.2) is 42.5 Å². The van der Waals surface area contributed by atoms with E-state index in [9.17, 15) is 19.7 Å². The van der Waals surface area contributed by atoms with Gasteiger partial charge in [0.1, 0.15) is 0 Å². The third kappa shape index (κ3) is 3.61. The average Bonchev–Trinajstić information content (AvgIpc) is 3.00. The van der Waals surface area contributed by atoms with Crippen molar-refractivity contribution in [2.75, 3.05) is 16.8 Å². The van der Waals surface area contributed by atoms with Crippen molar-refractivity contribution in [3.63, 3.8) is 0 Å². The lowest BCUT2D eigenvalue weighted by molar-refractivity contribution is -0.384. The summed E-state index contributed by atoms with van der Waals surface area (Å²) in [4.78, 5) is 36.0. The van der Waals surface area contributed by atoms with Crippen LogP contribution >= 0.6 is 11.6 Å². The molecule has 0 radical (unpaired) electrons. The molecule has 128 valence electrons. The highest BCUT2D eigenvalue weighted by molar-refractivity contribution is 6.34. The molecule has 0 unspecified atom stereocenters. The molecule has 1 N–H and O–H groups in total. The molecular formula is C17H14ClN3O4. The summed E-state index contributed by atoms with van der Waals surface area (Å²) in [5, 5.41) is 13.4. The van der Waals surface area contributed by atoms with Crippen LogP contribution in [0.25, 0.3) is 0 Å². The maximum atomic E-state index is 12.4. The second-order valence-electron chi connectivity index (χ2n) is 5.57. The van der Waals surface area contributed by atoms with Crippen molar-refractivity contribution < 1.29 is 14.5 Å². The minimum atomic E-state index is -0.579. The monoisotopic (exact) mass is 359 g/mol. The van der Waals surface area contributed by atoms with Gasteiger partial charge in [0.05, 0.1) is 15.5 Å². The third-order valence-electron chi connectivity index (χ3n) is 3.90. The van der Waals surface area contributed by atoms with Crippen LogP contribution in [0.5, 0.6) is 0 Å². The molecule has 7 nitrogen and oxygen atoms in total. The summed E-state index contributed by atoms with van der Waals surface area (Å²) in [6, 6.07) is 10.6. The summed E-state index contributed by atoms with van der Waals surface area (Å²) in [6.45, 7) is 0.657. The number of halogens is 1. The molecule has 0 saturated carbocycles. The molecule has 2 amide bonds. The zero-order valence-corrected chi connectivity index (χ0v) is 13.8. The molecule has 1 fully saturated rings. The fourth-order valence-corrected chi connectivity index (χ4v) is 2.93. The fourth-order valence-electron chi connectivity index (χ4n) is 2.67. The number of nitrogens with zero attached hydrogens (tertiary/aromatic N) is 2. The van der Waals surface area contributed by atoms with Crippen molar-refractivity contribution in [3.05, 3.63) is 63.2 Å². The predicted molar refractivity (Wildman–Crippen MR) is 94.1 cm³/mol. The van der Waals surface area contributed by atoms with Gasteiger partial charge in [0.2, 0.25) is 5.91 Å². The largest absolute Gasteiger partial charge is 0.322 e. The van der Waals surface area contributed by atoms with Crippen LogP contribution in [0.3, 0.4) is 0 Å². The summed E-state index contributed by atoms with van der Waals surface area (Å²) >= 11 is 5.97. The van der Waals surface area contributed by atoms with Gasteiger partial charge in [-0.25, -0.2) is 0 Å². The molecular weight excluding hydrogens is 346 g/mol. The summed E-state index contributed by atoms with van der Waals surface area (Å²) in [6.07, 6.45) is 1.34. The Hall–Kier alpha value is -2.93. The molecule has 2 aromatic carbocycles. The van der Waals surface area contributed by atoms with E-state index in [4.69, 9.17) is 11.6 Å². The van der Waals surface area contributed by atoms with Gasteiger partial charge in [-0.2, -0.15) is 0 Å². The molecule has 0 aliphatic carbocycles. The minimum Gasteiger partial charge on any atom is -0.322 e. The van der Waals surface area contributed by atoms with E-state index < -0.39 is 10.8 Å². The second-order valence-corrected chi connectivity index (χ2v) is 5.98. The number of nitro groups is 1. The highest BCUT2D eigenvalue weighted by Gasteiger charge is 2.22. The van der Waals surface area contributed by atoms with E-state index >= 15 is 0 Å². The molecule has 1 heterocycles. The van der Waals surface area contributed by atoms with Gasteiger partial charge < -0.3 is 10.2 Å². The normalized spacial score (nSPS) is 13.8. The fraction of sp³-hybridized carbons (Fsp3) is 0.176. The van der Waals surface area contributed by atoms with Crippen LogP contribution in [-0.4, -0.2) is 23.3 Å². The SMILES string of the molecule is O=C(Nc1cccc(N2CCCC2=O)c1)c1ccc([N+](=O)[O-])cc1Cl.